The molecule has 2 aromatic carbocycles. The van der Waals surface area contributed by atoms with Crippen molar-refractivity contribution in [1.29, 1.82) is 0 Å². The van der Waals surface area contributed by atoms with Gasteiger partial charge in [-0.15, -0.1) is 0 Å². The van der Waals surface area contributed by atoms with Crippen LogP contribution >= 0.6 is 0 Å². The van der Waals surface area contributed by atoms with E-state index in [1.165, 1.54) is 30.3 Å². The number of sulfonamides is 1. The molecule has 0 radical (unpaired) electrons. The topological polar surface area (TPSA) is 129 Å². The quantitative estimate of drug-likeness (QED) is 0.224. The van der Waals surface area contributed by atoms with Gasteiger partial charge in [-0.2, -0.15) is 8.42 Å². The molecule has 0 aliphatic heterocycles. The van der Waals surface area contributed by atoms with E-state index in [2.05, 4.69) is 4.72 Å². The molecule has 190 valence electrons. The predicted molar refractivity (Wildman–Crippen MR) is 130 cm³/mol. The summed E-state index contributed by atoms with van der Waals surface area (Å²) < 4.78 is 78.0. The molecule has 0 spiro atoms. The number of rotatable bonds is 11. The fourth-order valence-corrected chi connectivity index (χ4v) is 4.54. The Kier molecular flexibility index (Phi) is 8.18. The van der Waals surface area contributed by atoms with Gasteiger partial charge in [-0.3, -0.25) is 8.91 Å². The van der Waals surface area contributed by atoms with Crippen molar-refractivity contribution in [3.05, 3.63) is 53.3 Å². The monoisotopic (exact) mass is 527 g/mol. The van der Waals surface area contributed by atoms with E-state index in [0.717, 1.165) is 12.5 Å². The fourth-order valence-electron chi connectivity index (χ4n) is 3.53. The lowest BCUT2D eigenvalue weighted by Gasteiger charge is -2.11. The van der Waals surface area contributed by atoms with E-state index in [9.17, 15) is 26.0 Å². The highest BCUT2D eigenvalue weighted by Gasteiger charge is 2.25. The second-order valence-electron chi connectivity index (χ2n) is 7.90. The van der Waals surface area contributed by atoms with Crippen molar-refractivity contribution in [1.82, 2.24) is 0 Å². The van der Waals surface area contributed by atoms with Crippen LogP contribution in [0.3, 0.4) is 0 Å². The van der Waals surface area contributed by atoms with E-state index in [1.807, 2.05) is 0 Å². The lowest BCUT2D eigenvalue weighted by molar-refractivity contribution is 0.0528. The van der Waals surface area contributed by atoms with Gasteiger partial charge in [-0.05, 0) is 62.1 Å². The van der Waals surface area contributed by atoms with Crippen molar-refractivity contribution in [2.75, 3.05) is 30.4 Å². The second kappa shape index (κ2) is 10.8. The van der Waals surface area contributed by atoms with E-state index >= 15 is 0 Å². The predicted octanol–water partition coefficient (Wildman–Crippen LogP) is 4.09. The minimum absolute atomic E-state index is 0.00951. The minimum Gasteiger partial charge on any atom is -0.462 e. The van der Waals surface area contributed by atoms with Crippen molar-refractivity contribution in [3.63, 3.8) is 0 Å². The molecule has 0 fully saturated rings. The SMILES string of the molecule is CCOC(=O)c1c(-c2ccc(F)cc2)oc2cc(NS(C)(=O)=O)c(CCCCOS(C)(=O)=O)cc12. The molecule has 1 N–H and O–H groups in total. The van der Waals surface area contributed by atoms with Crippen LogP contribution in [0, 0.1) is 5.82 Å². The zero-order valence-electron chi connectivity index (χ0n) is 19.5. The summed E-state index contributed by atoms with van der Waals surface area (Å²) in [6.07, 6.45) is 3.22. The number of carbonyl (C=O) groups is 1. The maximum atomic E-state index is 13.5. The maximum Gasteiger partial charge on any atom is 0.342 e. The summed E-state index contributed by atoms with van der Waals surface area (Å²) in [6.45, 7) is 1.77. The van der Waals surface area contributed by atoms with Crippen LogP contribution in [0.15, 0.2) is 40.8 Å². The van der Waals surface area contributed by atoms with E-state index in [-0.39, 0.29) is 35.8 Å². The Balaban J connectivity index is 2.08. The lowest BCUT2D eigenvalue weighted by Crippen LogP contribution is -2.12. The van der Waals surface area contributed by atoms with Gasteiger partial charge in [-0.25, -0.2) is 17.6 Å². The number of halogens is 1. The van der Waals surface area contributed by atoms with Crippen molar-refractivity contribution >= 4 is 42.8 Å². The van der Waals surface area contributed by atoms with Gasteiger partial charge in [0.2, 0.25) is 10.0 Å². The van der Waals surface area contributed by atoms with Crippen molar-refractivity contribution in [2.45, 2.75) is 26.2 Å². The molecule has 0 amide bonds. The Hall–Kier alpha value is -2.96. The number of furan rings is 1. The highest BCUT2D eigenvalue weighted by Crippen LogP contribution is 2.37. The highest BCUT2D eigenvalue weighted by molar-refractivity contribution is 7.92. The molecule has 0 saturated heterocycles. The number of hydrogen-bond donors (Lipinski definition) is 1. The van der Waals surface area contributed by atoms with E-state index in [4.69, 9.17) is 13.3 Å². The molecule has 0 bridgehead atoms. The van der Waals surface area contributed by atoms with Gasteiger partial charge < -0.3 is 9.15 Å². The normalized spacial score (nSPS) is 12.1. The average molecular weight is 528 g/mol. The summed E-state index contributed by atoms with van der Waals surface area (Å²) in [5.74, 6) is -0.923. The van der Waals surface area contributed by atoms with E-state index in [1.54, 1.807) is 13.0 Å². The first-order valence-corrected chi connectivity index (χ1v) is 14.4. The Bertz CT molecular complexity index is 1430. The number of unbranched alkanes of at least 4 members (excludes halogenated alkanes) is 1. The second-order valence-corrected chi connectivity index (χ2v) is 11.3. The molecule has 3 rings (SSSR count). The van der Waals surface area contributed by atoms with Crippen LogP contribution in [0.25, 0.3) is 22.3 Å². The van der Waals surface area contributed by atoms with Crippen LogP contribution in [-0.4, -0.2) is 48.5 Å². The van der Waals surface area contributed by atoms with Crippen LogP contribution in [0.2, 0.25) is 0 Å². The summed E-state index contributed by atoms with van der Waals surface area (Å²) in [7, 11) is -7.19. The largest absolute Gasteiger partial charge is 0.462 e. The zero-order chi connectivity index (χ0) is 25.8. The van der Waals surface area contributed by atoms with E-state index < -0.39 is 31.9 Å². The van der Waals surface area contributed by atoms with Gasteiger partial charge in [0.1, 0.15) is 22.7 Å². The number of anilines is 1. The molecule has 35 heavy (non-hydrogen) atoms. The molecule has 0 unspecified atom stereocenters. The van der Waals surface area contributed by atoms with Crippen molar-refractivity contribution in [3.8, 4) is 11.3 Å². The third-order valence-electron chi connectivity index (χ3n) is 4.93. The zero-order valence-corrected chi connectivity index (χ0v) is 21.1. The summed E-state index contributed by atoms with van der Waals surface area (Å²) >= 11 is 0. The lowest BCUT2D eigenvalue weighted by atomic mass is 10.0. The van der Waals surface area contributed by atoms with Crippen molar-refractivity contribution in [2.24, 2.45) is 0 Å². The summed E-state index contributed by atoms with van der Waals surface area (Å²) in [6, 6.07) is 8.52. The van der Waals surface area contributed by atoms with Gasteiger partial charge in [-0.1, -0.05) is 0 Å². The maximum absolute atomic E-state index is 13.5. The summed E-state index contributed by atoms with van der Waals surface area (Å²) in [4.78, 5) is 12.9. The molecule has 0 aliphatic rings. The number of esters is 1. The molecule has 0 aliphatic carbocycles. The van der Waals surface area contributed by atoms with Gasteiger partial charge >= 0.3 is 5.97 Å². The first-order chi connectivity index (χ1) is 16.4. The number of hydrogen-bond acceptors (Lipinski definition) is 8. The number of fused-ring (bicyclic) bond motifs is 1. The van der Waals surface area contributed by atoms with Gasteiger partial charge in [0.25, 0.3) is 10.1 Å². The number of nitrogens with one attached hydrogen (secondary N) is 1. The standard InChI is InChI=1S/C23H26FNO8S2/c1-4-31-23(26)21-18-13-16(7-5-6-12-32-35(3,29)30)19(25-34(2,27)28)14-20(18)33-22(21)15-8-10-17(24)11-9-15/h8-11,13-14,25H,4-7,12H2,1-3H3. The van der Waals surface area contributed by atoms with E-state index in [0.29, 0.717) is 35.8 Å². The number of benzene rings is 2. The molecule has 1 aromatic heterocycles. The van der Waals surface area contributed by atoms with Crippen molar-refractivity contribution < 1.29 is 39.4 Å². The number of carbonyl (C=O) groups excluding carboxylic acids is 1. The third kappa shape index (κ3) is 7.26. The van der Waals surface area contributed by atoms with Crippen LogP contribution in [0.4, 0.5) is 10.1 Å². The molecule has 3 aromatic rings. The highest BCUT2D eigenvalue weighted by atomic mass is 32.2. The summed E-state index contributed by atoms with van der Waals surface area (Å²) in [5.41, 5.74) is 1.66. The molecule has 0 saturated carbocycles. The number of ether oxygens (including phenoxy) is 1. The fraction of sp³-hybridized carbons (Fsp3) is 0.348. The first-order valence-electron chi connectivity index (χ1n) is 10.7. The average Bonchev–Trinajstić information content (AvgIpc) is 3.10. The molecular weight excluding hydrogens is 501 g/mol. The Morgan fingerprint density at radius 3 is 2.34 bits per heavy atom. The van der Waals surface area contributed by atoms with Crippen LogP contribution in [0.5, 0.6) is 0 Å². The molecule has 1 heterocycles. The minimum atomic E-state index is -3.64. The smallest absolute Gasteiger partial charge is 0.342 e. The van der Waals surface area contributed by atoms with Gasteiger partial charge in [0.05, 0.1) is 31.4 Å². The third-order valence-corrected chi connectivity index (χ3v) is 6.12. The van der Waals surface area contributed by atoms with Crippen LogP contribution in [0.1, 0.15) is 35.7 Å². The summed E-state index contributed by atoms with van der Waals surface area (Å²) in [5, 5.41) is 0.407. The first kappa shape index (κ1) is 26.6. The molecule has 12 heteroatoms. The Labute approximate surface area is 203 Å². The van der Waals surface area contributed by atoms with Gasteiger partial charge in [0.15, 0.2) is 0 Å². The van der Waals surface area contributed by atoms with Gasteiger partial charge in [0, 0.05) is 17.0 Å². The number of aryl methyl sites for hydroxylation is 1. The molecule has 9 nitrogen and oxygen atoms in total. The Morgan fingerprint density at radius 2 is 1.74 bits per heavy atom. The van der Waals surface area contributed by atoms with Crippen LogP contribution < -0.4 is 4.72 Å². The molecular formula is C23H26FNO8S2. The van der Waals surface area contributed by atoms with Crippen LogP contribution in [-0.2, 0) is 35.5 Å². The Morgan fingerprint density at radius 1 is 1.06 bits per heavy atom. The molecule has 0 atom stereocenters.